The van der Waals surface area contributed by atoms with Crippen LogP contribution >= 0.6 is 0 Å². The quantitative estimate of drug-likeness (QED) is 0.803. The van der Waals surface area contributed by atoms with Crippen LogP contribution in [0.25, 0.3) is 0 Å². The van der Waals surface area contributed by atoms with Crippen LogP contribution in [-0.4, -0.2) is 21.3 Å². The lowest BCUT2D eigenvalue weighted by atomic mass is 10.2. The van der Waals surface area contributed by atoms with Crippen molar-refractivity contribution in [2.24, 2.45) is 0 Å². The summed E-state index contributed by atoms with van der Waals surface area (Å²) in [6.45, 7) is 7.29. The Hall–Kier alpha value is -1.88. The summed E-state index contributed by atoms with van der Waals surface area (Å²) in [7, 11) is 0. The molecule has 0 spiro atoms. The molecule has 0 aliphatic carbocycles. The van der Waals surface area contributed by atoms with E-state index in [0.29, 0.717) is 6.61 Å². The van der Waals surface area contributed by atoms with Crippen molar-refractivity contribution < 1.29 is 4.74 Å². The van der Waals surface area contributed by atoms with Crippen molar-refractivity contribution in [3.05, 3.63) is 42.0 Å². The van der Waals surface area contributed by atoms with Crippen LogP contribution in [0.3, 0.4) is 0 Å². The highest BCUT2D eigenvalue weighted by Crippen LogP contribution is 2.18. The molecule has 1 aromatic carbocycles. The van der Waals surface area contributed by atoms with E-state index in [4.69, 9.17) is 4.74 Å². The van der Waals surface area contributed by atoms with Gasteiger partial charge in [-0.1, -0.05) is 32.0 Å². The number of benzene rings is 1. The molecular formula is C15H22N4O. The maximum atomic E-state index is 5.90. The fraction of sp³-hybridized carbons (Fsp3) is 0.467. The van der Waals surface area contributed by atoms with Gasteiger partial charge in [-0.05, 0) is 19.0 Å². The molecule has 0 saturated heterocycles. The number of aryl methyl sites for hydroxylation is 1. The van der Waals surface area contributed by atoms with Gasteiger partial charge in [-0.3, -0.25) is 0 Å². The van der Waals surface area contributed by atoms with Gasteiger partial charge in [-0.2, -0.15) is 5.10 Å². The monoisotopic (exact) mass is 274 g/mol. The zero-order valence-corrected chi connectivity index (χ0v) is 12.2. The molecule has 0 atom stereocenters. The number of nitrogens with zero attached hydrogens (tertiary/aromatic N) is 3. The minimum absolute atomic E-state index is 0.448. The van der Waals surface area contributed by atoms with Gasteiger partial charge >= 0.3 is 0 Å². The SMILES string of the molecule is CCCn1ncnc1COc1ccccc1CNCC. The normalized spacial score (nSPS) is 10.7. The van der Waals surface area contributed by atoms with Gasteiger partial charge in [0.25, 0.3) is 0 Å². The van der Waals surface area contributed by atoms with Gasteiger partial charge in [0.05, 0.1) is 0 Å². The van der Waals surface area contributed by atoms with Crippen LogP contribution in [0.2, 0.25) is 0 Å². The van der Waals surface area contributed by atoms with E-state index >= 15 is 0 Å². The number of hydrogen-bond donors (Lipinski definition) is 1. The lowest BCUT2D eigenvalue weighted by Crippen LogP contribution is -2.13. The highest BCUT2D eigenvalue weighted by molar-refractivity contribution is 5.33. The molecule has 5 heteroatoms. The van der Waals surface area contributed by atoms with Crippen molar-refractivity contribution in [3.8, 4) is 5.75 Å². The predicted molar refractivity (Wildman–Crippen MR) is 78.5 cm³/mol. The Labute approximate surface area is 120 Å². The Morgan fingerprint density at radius 1 is 1.25 bits per heavy atom. The number of nitrogens with one attached hydrogen (secondary N) is 1. The highest BCUT2D eigenvalue weighted by Gasteiger charge is 2.07. The summed E-state index contributed by atoms with van der Waals surface area (Å²) in [6, 6.07) is 8.09. The molecule has 20 heavy (non-hydrogen) atoms. The summed E-state index contributed by atoms with van der Waals surface area (Å²) in [5, 5.41) is 7.52. The molecule has 5 nitrogen and oxygen atoms in total. The van der Waals surface area contributed by atoms with Crippen molar-refractivity contribution in [1.82, 2.24) is 20.1 Å². The van der Waals surface area contributed by atoms with Crippen LogP contribution in [0.1, 0.15) is 31.7 Å². The standard InChI is InChI=1S/C15H22N4O/c1-3-9-19-15(17-12-18-19)11-20-14-8-6-5-7-13(14)10-16-4-2/h5-8,12,16H,3-4,9-11H2,1-2H3. The average molecular weight is 274 g/mol. The fourth-order valence-corrected chi connectivity index (χ4v) is 1.99. The largest absolute Gasteiger partial charge is 0.485 e. The second-order valence-corrected chi connectivity index (χ2v) is 4.58. The Morgan fingerprint density at radius 3 is 2.90 bits per heavy atom. The van der Waals surface area contributed by atoms with E-state index < -0.39 is 0 Å². The molecule has 0 aliphatic heterocycles. The van der Waals surface area contributed by atoms with Crippen molar-refractivity contribution in [1.29, 1.82) is 0 Å². The number of rotatable bonds is 8. The minimum Gasteiger partial charge on any atom is -0.485 e. The van der Waals surface area contributed by atoms with Crippen molar-refractivity contribution in [2.45, 2.75) is 40.0 Å². The van der Waals surface area contributed by atoms with Crippen LogP contribution in [0.5, 0.6) is 5.75 Å². The summed E-state index contributed by atoms with van der Waals surface area (Å²) in [6.07, 6.45) is 2.62. The predicted octanol–water partition coefficient (Wildman–Crippen LogP) is 2.38. The summed E-state index contributed by atoms with van der Waals surface area (Å²) in [5.41, 5.74) is 1.16. The maximum absolute atomic E-state index is 5.90. The number of ether oxygens (including phenoxy) is 1. The van der Waals surface area contributed by atoms with Crippen LogP contribution in [-0.2, 0) is 19.7 Å². The first-order valence-corrected chi connectivity index (χ1v) is 7.13. The molecule has 0 aliphatic rings. The Kier molecular flexibility index (Phi) is 5.55. The minimum atomic E-state index is 0.448. The van der Waals surface area contributed by atoms with Crippen molar-refractivity contribution >= 4 is 0 Å². The molecule has 2 aromatic rings. The first-order valence-electron chi connectivity index (χ1n) is 7.13. The summed E-state index contributed by atoms with van der Waals surface area (Å²) < 4.78 is 7.80. The van der Waals surface area contributed by atoms with Gasteiger partial charge in [0.15, 0.2) is 5.82 Å². The zero-order valence-electron chi connectivity index (χ0n) is 12.2. The molecule has 0 bridgehead atoms. The van der Waals surface area contributed by atoms with Gasteiger partial charge in [0, 0.05) is 18.7 Å². The highest BCUT2D eigenvalue weighted by atomic mass is 16.5. The molecule has 0 unspecified atom stereocenters. The van der Waals surface area contributed by atoms with E-state index in [2.05, 4.69) is 35.3 Å². The molecule has 2 rings (SSSR count). The van der Waals surface area contributed by atoms with Crippen LogP contribution in [0.4, 0.5) is 0 Å². The number of hydrogen-bond acceptors (Lipinski definition) is 4. The Bertz CT molecular complexity index is 524. The van der Waals surface area contributed by atoms with Crippen LogP contribution in [0.15, 0.2) is 30.6 Å². The maximum Gasteiger partial charge on any atom is 0.164 e. The van der Waals surface area contributed by atoms with E-state index in [1.54, 1.807) is 6.33 Å². The Morgan fingerprint density at radius 2 is 2.10 bits per heavy atom. The third-order valence-electron chi connectivity index (χ3n) is 3.03. The second-order valence-electron chi connectivity index (χ2n) is 4.58. The second kappa shape index (κ2) is 7.65. The molecule has 0 fully saturated rings. The topological polar surface area (TPSA) is 52.0 Å². The molecule has 1 aromatic heterocycles. The first-order chi connectivity index (χ1) is 9.85. The summed E-state index contributed by atoms with van der Waals surface area (Å²) in [5.74, 6) is 1.77. The Balaban J connectivity index is 2.01. The first kappa shape index (κ1) is 14.5. The van der Waals surface area contributed by atoms with E-state index in [1.807, 2.05) is 22.9 Å². The fourth-order valence-electron chi connectivity index (χ4n) is 1.99. The van der Waals surface area contributed by atoms with E-state index in [-0.39, 0.29) is 0 Å². The van der Waals surface area contributed by atoms with Gasteiger partial charge in [0.1, 0.15) is 18.7 Å². The lowest BCUT2D eigenvalue weighted by Gasteiger charge is -2.12. The van der Waals surface area contributed by atoms with Crippen LogP contribution in [0, 0.1) is 0 Å². The number of aromatic nitrogens is 3. The molecular weight excluding hydrogens is 252 g/mol. The molecule has 0 amide bonds. The van der Waals surface area contributed by atoms with Gasteiger partial charge in [0.2, 0.25) is 0 Å². The molecule has 108 valence electrons. The molecule has 1 heterocycles. The van der Waals surface area contributed by atoms with Crippen molar-refractivity contribution in [2.75, 3.05) is 6.54 Å². The van der Waals surface area contributed by atoms with Gasteiger partial charge < -0.3 is 10.1 Å². The van der Waals surface area contributed by atoms with Crippen LogP contribution < -0.4 is 10.1 Å². The molecule has 1 N–H and O–H groups in total. The molecule has 0 radical (unpaired) electrons. The zero-order chi connectivity index (χ0) is 14.2. The van der Waals surface area contributed by atoms with E-state index in [9.17, 15) is 0 Å². The van der Waals surface area contributed by atoms with Gasteiger partial charge in [-0.15, -0.1) is 0 Å². The van der Waals surface area contributed by atoms with Gasteiger partial charge in [-0.25, -0.2) is 9.67 Å². The lowest BCUT2D eigenvalue weighted by molar-refractivity contribution is 0.282. The smallest absolute Gasteiger partial charge is 0.164 e. The third-order valence-corrected chi connectivity index (χ3v) is 3.03. The molecule has 0 saturated carbocycles. The van der Waals surface area contributed by atoms with Crippen molar-refractivity contribution in [3.63, 3.8) is 0 Å². The third kappa shape index (κ3) is 3.81. The van der Waals surface area contributed by atoms with E-state index in [1.165, 1.54) is 0 Å². The summed E-state index contributed by atoms with van der Waals surface area (Å²) >= 11 is 0. The average Bonchev–Trinajstić information content (AvgIpc) is 2.91. The van der Waals surface area contributed by atoms with E-state index in [0.717, 1.165) is 43.2 Å². The number of para-hydroxylation sites is 1. The summed E-state index contributed by atoms with van der Waals surface area (Å²) in [4.78, 5) is 4.25.